The Morgan fingerprint density at radius 2 is 1.92 bits per heavy atom. The molecule has 0 aliphatic heterocycles. The van der Waals surface area contributed by atoms with Crippen LogP contribution in [-0.4, -0.2) is 43.4 Å². The summed E-state index contributed by atoms with van der Waals surface area (Å²) >= 11 is 0. The lowest BCUT2D eigenvalue weighted by molar-refractivity contribution is -0.123. The minimum atomic E-state index is -0.546. The van der Waals surface area contributed by atoms with Gasteiger partial charge in [-0.15, -0.1) is 0 Å². The lowest BCUT2D eigenvalue weighted by atomic mass is 9.90. The number of aromatic amines is 1. The number of rotatable bonds is 7. The van der Waals surface area contributed by atoms with Gasteiger partial charge in [-0.2, -0.15) is 0 Å². The number of hydrogen-bond donors (Lipinski definition) is 3. The number of fused-ring (bicyclic) bond motifs is 1. The number of carbonyl (C=O) groups is 1. The molecule has 0 radical (unpaired) electrons. The fourth-order valence-electron chi connectivity index (χ4n) is 3.23. The van der Waals surface area contributed by atoms with E-state index in [1.54, 1.807) is 14.2 Å². The van der Waals surface area contributed by atoms with Crippen LogP contribution in [-0.2, 0) is 4.79 Å². The van der Waals surface area contributed by atoms with E-state index in [1.807, 2.05) is 48.7 Å². The molecule has 3 N–H and O–H groups in total. The first-order valence-corrected chi connectivity index (χ1v) is 8.34. The standard InChI is InChI=1S/C20H22N2O4/c1-25-18-9-5-7-14(20(18)26-2)16(11-22-19(24)12-23)15-10-21-17-8-4-3-6-13(15)17/h3-10,16,21,23H,11-12H2,1-2H3,(H,22,24). The van der Waals surface area contributed by atoms with Crippen LogP contribution in [0.15, 0.2) is 48.7 Å². The average molecular weight is 354 g/mol. The summed E-state index contributed by atoms with van der Waals surface area (Å²) in [5.41, 5.74) is 2.95. The van der Waals surface area contributed by atoms with Gasteiger partial charge in [-0.05, 0) is 17.7 Å². The van der Waals surface area contributed by atoms with E-state index in [0.717, 1.165) is 22.0 Å². The number of aliphatic hydroxyl groups excluding tert-OH is 1. The van der Waals surface area contributed by atoms with Crippen LogP contribution in [0.4, 0.5) is 0 Å². The van der Waals surface area contributed by atoms with Gasteiger partial charge in [0.1, 0.15) is 6.61 Å². The van der Waals surface area contributed by atoms with Crippen molar-refractivity contribution >= 4 is 16.8 Å². The van der Waals surface area contributed by atoms with Crippen LogP contribution in [0.3, 0.4) is 0 Å². The Hall–Kier alpha value is -2.99. The molecular weight excluding hydrogens is 332 g/mol. The Bertz CT molecular complexity index is 904. The van der Waals surface area contributed by atoms with E-state index in [0.29, 0.717) is 18.0 Å². The number of methoxy groups -OCH3 is 2. The molecule has 6 heteroatoms. The Morgan fingerprint density at radius 1 is 1.12 bits per heavy atom. The molecule has 136 valence electrons. The van der Waals surface area contributed by atoms with E-state index in [1.165, 1.54) is 0 Å². The van der Waals surface area contributed by atoms with E-state index < -0.39 is 12.5 Å². The predicted molar refractivity (Wildman–Crippen MR) is 99.8 cm³/mol. The van der Waals surface area contributed by atoms with Crippen LogP contribution in [0.1, 0.15) is 17.0 Å². The molecule has 0 saturated carbocycles. The summed E-state index contributed by atoms with van der Waals surface area (Å²) < 4.78 is 11.0. The van der Waals surface area contributed by atoms with Crippen LogP contribution in [0, 0.1) is 0 Å². The van der Waals surface area contributed by atoms with Crippen LogP contribution < -0.4 is 14.8 Å². The van der Waals surface area contributed by atoms with Gasteiger partial charge in [0.2, 0.25) is 5.91 Å². The van der Waals surface area contributed by atoms with Gasteiger partial charge in [0.15, 0.2) is 11.5 Å². The van der Waals surface area contributed by atoms with Crippen molar-refractivity contribution in [2.24, 2.45) is 0 Å². The van der Waals surface area contributed by atoms with Gasteiger partial charge in [-0.25, -0.2) is 0 Å². The molecular formula is C20H22N2O4. The van der Waals surface area contributed by atoms with Gasteiger partial charge < -0.3 is 24.9 Å². The molecule has 3 aromatic rings. The zero-order valence-corrected chi connectivity index (χ0v) is 14.8. The monoisotopic (exact) mass is 354 g/mol. The molecule has 0 spiro atoms. The number of benzene rings is 2. The van der Waals surface area contributed by atoms with Crippen molar-refractivity contribution in [3.8, 4) is 11.5 Å². The van der Waals surface area contributed by atoms with E-state index in [2.05, 4.69) is 10.3 Å². The number of aliphatic hydroxyl groups is 1. The molecule has 1 aromatic heterocycles. The molecule has 1 atom stereocenters. The fraction of sp³-hybridized carbons (Fsp3) is 0.250. The van der Waals surface area contributed by atoms with Crippen LogP contribution >= 0.6 is 0 Å². The zero-order chi connectivity index (χ0) is 18.5. The van der Waals surface area contributed by atoms with Crippen LogP contribution in [0.5, 0.6) is 11.5 Å². The van der Waals surface area contributed by atoms with Crippen molar-refractivity contribution < 1.29 is 19.4 Å². The smallest absolute Gasteiger partial charge is 0.245 e. The highest BCUT2D eigenvalue weighted by Gasteiger charge is 2.24. The zero-order valence-electron chi connectivity index (χ0n) is 14.8. The fourth-order valence-corrected chi connectivity index (χ4v) is 3.23. The molecule has 0 fully saturated rings. The molecule has 1 amide bonds. The first-order chi connectivity index (χ1) is 12.7. The summed E-state index contributed by atoms with van der Waals surface area (Å²) in [5.74, 6) is 0.662. The molecule has 0 aliphatic carbocycles. The second kappa shape index (κ2) is 7.93. The SMILES string of the molecule is COc1cccc(C(CNC(=O)CO)c2c[nH]c3ccccc23)c1OC. The molecule has 0 bridgehead atoms. The van der Waals surface area contributed by atoms with E-state index in [-0.39, 0.29) is 5.92 Å². The minimum absolute atomic E-state index is 0.174. The third-order valence-electron chi connectivity index (χ3n) is 4.45. The number of hydrogen-bond acceptors (Lipinski definition) is 4. The predicted octanol–water partition coefficient (Wildman–Crippen LogP) is 2.43. The molecule has 1 heterocycles. The van der Waals surface area contributed by atoms with Crippen molar-refractivity contribution in [2.75, 3.05) is 27.4 Å². The van der Waals surface area contributed by atoms with Gasteiger partial charge in [0.05, 0.1) is 14.2 Å². The first kappa shape index (κ1) is 17.8. The highest BCUT2D eigenvalue weighted by molar-refractivity contribution is 5.84. The molecule has 1 unspecified atom stereocenters. The summed E-state index contributed by atoms with van der Waals surface area (Å²) in [7, 11) is 3.19. The highest BCUT2D eigenvalue weighted by atomic mass is 16.5. The van der Waals surface area contributed by atoms with Gasteiger partial charge >= 0.3 is 0 Å². The lowest BCUT2D eigenvalue weighted by Gasteiger charge is -2.21. The number of nitrogens with one attached hydrogen (secondary N) is 2. The molecule has 26 heavy (non-hydrogen) atoms. The minimum Gasteiger partial charge on any atom is -0.493 e. The second-order valence-electron chi connectivity index (χ2n) is 5.89. The molecule has 3 rings (SSSR count). The third kappa shape index (κ3) is 3.36. The van der Waals surface area contributed by atoms with Crippen molar-refractivity contribution in [3.63, 3.8) is 0 Å². The summed E-state index contributed by atoms with van der Waals surface area (Å²) in [4.78, 5) is 14.9. The molecule has 0 saturated heterocycles. The van der Waals surface area contributed by atoms with Gasteiger partial charge in [-0.3, -0.25) is 4.79 Å². The Balaban J connectivity index is 2.11. The summed E-state index contributed by atoms with van der Waals surface area (Å²) in [6.45, 7) is -0.222. The molecule has 0 aliphatic rings. The summed E-state index contributed by atoms with van der Waals surface area (Å²) in [6.07, 6.45) is 1.94. The van der Waals surface area contributed by atoms with Crippen LogP contribution in [0.25, 0.3) is 10.9 Å². The van der Waals surface area contributed by atoms with Gasteiger partial charge in [-0.1, -0.05) is 30.3 Å². The maximum Gasteiger partial charge on any atom is 0.245 e. The maximum absolute atomic E-state index is 11.6. The number of aromatic nitrogens is 1. The Kier molecular flexibility index (Phi) is 5.43. The van der Waals surface area contributed by atoms with E-state index in [4.69, 9.17) is 14.6 Å². The number of H-pyrrole nitrogens is 1. The largest absolute Gasteiger partial charge is 0.493 e. The number of ether oxygens (including phenoxy) is 2. The van der Waals surface area contributed by atoms with Crippen LogP contribution in [0.2, 0.25) is 0 Å². The number of carbonyl (C=O) groups excluding carboxylic acids is 1. The van der Waals surface area contributed by atoms with Crippen molar-refractivity contribution in [3.05, 3.63) is 59.8 Å². The highest BCUT2D eigenvalue weighted by Crippen LogP contribution is 2.40. The second-order valence-corrected chi connectivity index (χ2v) is 5.89. The Labute approximate surface area is 151 Å². The number of amides is 1. The van der Waals surface area contributed by atoms with Gasteiger partial charge in [0, 0.05) is 35.1 Å². The molecule has 2 aromatic carbocycles. The number of para-hydroxylation sites is 2. The maximum atomic E-state index is 11.6. The van der Waals surface area contributed by atoms with Crippen molar-refractivity contribution in [2.45, 2.75) is 5.92 Å². The summed E-state index contributed by atoms with van der Waals surface area (Å²) in [5, 5.41) is 12.9. The van der Waals surface area contributed by atoms with E-state index in [9.17, 15) is 4.79 Å². The van der Waals surface area contributed by atoms with E-state index >= 15 is 0 Å². The van der Waals surface area contributed by atoms with Crippen molar-refractivity contribution in [1.29, 1.82) is 0 Å². The van der Waals surface area contributed by atoms with Crippen molar-refractivity contribution in [1.82, 2.24) is 10.3 Å². The molecule has 6 nitrogen and oxygen atoms in total. The summed E-state index contributed by atoms with van der Waals surface area (Å²) in [6, 6.07) is 13.7. The topological polar surface area (TPSA) is 83.6 Å². The van der Waals surface area contributed by atoms with Gasteiger partial charge in [0.25, 0.3) is 0 Å². The normalized spacial score (nSPS) is 12.0. The Morgan fingerprint density at radius 3 is 2.65 bits per heavy atom. The lowest BCUT2D eigenvalue weighted by Crippen LogP contribution is -2.31. The quantitative estimate of drug-likeness (QED) is 0.608. The average Bonchev–Trinajstić information content (AvgIpc) is 3.11. The first-order valence-electron chi connectivity index (χ1n) is 8.34. The third-order valence-corrected chi connectivity index (χ3v) is 4.45.